The van der Waals surface area contributed by atoms with Gasteiger partial charge in [-0.05, 0) is 44.4 Å². The van der Waals surface area contributed by atoms with Gasteiger partial charge in [0.15, 0.2) is 0 Å². The minimum Gasteiger partial charge on any atom is -0.478 e. The van der Waals surface area contributed by atoms with E-state index < -0.39 is 10.9 Å². The van der Waals surface area contributed by atoms with E-state index in [-0.39, 0.29) is 5.69 Å². The van der Waals surface area contributed by atoms with Crippen molar-refractivity contribution in [1.29, 1.82) is 0 Å². The van der Waals surface area contributed by atoms with Crippen LogP contribution in [0.1, 0.15) is 31.7 Å². The molecule has 2 rings (SSSR count). The molecule has 1 aliphatic heterocycles. The van der Waals surface area contributed by atoms with Gasteiger partial charge in [0, 0.05) is 30.4 Å². The number of carbonyl (C=O) groups is 1. The van der Waals surface area contributed by atoms with E-state index in [2.05, 4.69) is 11.8 Å². The Balaban J connectivity index is 2.38. The van der Waals surface area contributed by atoms with Crippen molar-refractivity contribution in [2.24, 2.45) is 0 Å². The summed E-state index contributed by atoms with van der Waals surface area (Å²) in [5.74, 6) is -1.12. The van der Waals surface area contributed by atoms with Crippen molar-refractivity contribution in [1.82, 2.24) is 0 Å². The second-order valence-corrected chi connectivity index (χ2v) is 5.21. The summed E-state index contributed by atoms with van der Waals surface area (Å²) in [6, 6.07) is 5.26. The van der Waals surface area contributed by atoms with E-state index in [1.165, 1.54) is 18.6 Å². The Morgan fingerprint density at radius 2 is 2.24 bits per heavy atom. The van der Waals surface area contributed by atoms with Crippen LogP contribution in [0.25, 0.3) is 6.08 Å². The third-order valence-electron chi connectivity index (χ3n) is 3.75. The zero-order valence-corrected chi connectivity index (χ0v) is 11.9. The fourth-order valence-electron chi connectivity index (χ4n) is 2.66. The van der Waals surface area contributed by atoms with Crippen molar-refractivity contribution in [2.45, 2.75) is 32.2 Å². The van der Waals surface area contributed by atoms with E-state index in [4.69, 9.17) is 5.11 Å². The maximum atomic E-state index is 11.0. The Bertz CT molecular complexity index is 583. The van der Waals surface area contributed by atoms with Crippen molar-refractivity contribution >= 4 is 23.4 Å². The topological polar surface area (TPSA) is 83.7 Å². The number of aliphatic carboxylic acids is 1. The van der Waals surface area contributed by atoms with Crippen LogP contribution < -0.4 is 4.90 Å². The molecule has 0 aromatic heterocycles. The van der Waals surface area contributed by atoms with Crippen LogP contribution in [-0.4, -0.2) is 28.6 Å². The molecular weight excluding hydrogens is 272 g/mol. The van der Waals surface area contributed by atoms with E-state index in [9.17, 15) is 14.9 Å². The monoisotopic (exact) mass is 290 g/mol. The van der Waals surface area contributed by atoms with E-state index >= 15 is 0 Å². The second kappa shape index (κ2) is 6.39. The standard InChI is InChI=1S/C15H18N2O4/c1-11-4-2-3-9-16(11)13-6-7-14(17(20)21)12(10-13)5-8-15(18)19/h5-8,10-11H,2-4,9H2,1H3,(H,18,19)/b8-5+. The second-order valence-electron chi connectivity index (χ2n) is 5.21. The Kier molecular flexibility index (Phi) is 4.57. The molecule has 1 fully saturated rings. The highest BCUT2D eigenvalue weighted by atomic mass is 16.6. The molecular formula is C15H18N2O4. The van der Waals surface area contributed by atoms with Gasteiger partial charge in [0.05, 0.1) is 10.5 Å². The summed E-state index contributed by atoms with van der Waals surface area (Å²) in [7, 11) is 0. The molecule has 0 saturated carbocycles. The van der Waals surface area contributed by atoms with E-state index in [1.807, 2.05) is 0 Å². The summed E-state index contributed by atoms with van der Waals surface area (Å²) in [6.07, 6.45) is 5.58. The van der Waals surface area contributed by atoms with Crippen molar-refractivity contribution in [3.05, 3.63) is 40.0 Å². The van der Waals surface area contributed by atoms with E-state index in [0.29, 0.717) is 11.6 Å². The van der Waals surface area contributed by atoms with Crippen LogP contribution in [0.15, 0.2) is 24.3 Å². The first-order valence-electron chi connectivity index (χ1n) is 6.95. The fourth-order valence-corrected chi connectivity index (χ4v) is 2.66. The summed E-state index contributed by atoms with van der Waals surface area (Å²) < 4.78 is 0. The summed E-state index contributed by atoms with van der Waals surface area (Å²) in [6.45, 7) is 3.05. The lowest BCUT2D eigenvalue weighted by molar-refractivity contribution is -0.385. The van der Waals surface area contributed by atoms with Crippen LogP contribution in [0.3, 0.4) is 0 Å². The zero-order valence-electron chi connectivity index (χ0n) is 11.9. The predicted molar refractivity (Wildman–Crippen MR) is 80.4 cm³/mol. The number of anilines is 1. The number of hydrogen-bond donors (Lipinski definition) is 1. The van der Waals surface area contributed by atoms with Gasteiger partial charge >= 0.3 is 5.97 Å². The maximum absolute atomic E-state index is 11.0. The molecule has 0 amide bonds. The quantitative estimate of drug-likeness (QED) is 0.523. The Morgan fingerprint density at radius 1 is 1.48 bits per heavy atom. The number of carboxylic acids is 1. The molecule has 0 spiro atoms. The fraction of sp³-hybridized carbons (Fsp3) is 0.400. The van der Waals surface area contributed by atoms with E-state index in [1.54, 1.807) is 12.1 Å². The average Bonchev–Trinajstić information content (AvgIpc) is 2.45. The summed E-state index contributed by atoms with van der Waals surface area (Å²) in [5.41, 5.74) is 1.14. The first-order valence-corrected chi connectivity index (χ1v) is 6.95. The van der Waals surface area contributed by atoms with E-state index in [0.717, 1.165) is 31.1 Å². The third-order valence-corrected chi connectivity index (χ3v) is 3.75. The van der Waals surface area contributed by atoms with Crippen LogP contribution in [-0.2, 0) is 4.79 Å². The molecule has 112 valence electrons. The normalized spacial score (nSPS) is 18.9. The molecule has 6 nitrogen and oxygen atoms in total. The Morgan fingerprint density at radius 3 is 2.86 bits per heavy atom. The SMILES string of the molecule is CC1CCCCN1c1ccc([N+](=O)[O-])c(/C=C/C(=O)O)c1. The molecule has 1 aromatic carbocycles. The number of piperidine rings is 1. The third kappa shape index (κ3) is 3.59. The van der Waals surface area contributed by atoms with Gasteiger partial charge in [-0.1, -0.05) is 0 Å². The first-order chi connectivity index (χ1) is 9.99. The Labute approximate surface area is 122 Å². The molecule has 0 radical (unpaired) electrons. The van der Waals surface area contributed by atoms with Gasteiger partial charge in [-0.2, -0.15) is 0 Å². The number of carboxylic acid groups (broad SMARTS) is 1. The van der Waals surface area contributed by atoms with Crippen LogP contribution in [0.2, 0.25) is 0 Å². The van der Waals surface area contributed by atoms with Gasteiger partial charge in [0.1, 0.15) is 0 Å². The number of hydrogen-bond acceptors (Lipinski definition) is 4. The molecule has 21 heavy (non-hydrogen) atoms. The highest BCUT2D eigenvalue weighted by Crippen LogP contribution is 2.30. The van der Waals surface area contributed by atoms with Gasteiger partial charge in [0.2, 0.25) is 0 Å². The lowest BCUT2D eigenvalue weighted by Gasteiger charge is -2.35. The minimum absolute atomic E-state index is 0.0825. The molecule has 1 N–H and O–H groups in total. The molecule has 1 unspecified atom stereocenters. The molecule has 1 heterocycles. The summed E-state index contributed by atoms with van der Waals surface area (Å²) in [5, 5.41) is 19.7. The minimum atomic E-state index is -1.12. The number of rotatable bonds is 4. The number of nitro groups is 1. The number of nitro benzene ring substituents is 1. The van der Waals surface area contributed by atoms with Gasteiger partial charge in [0.25, 0.3) is 5.69 Å². The summed E-state index contributed by atoms with van der Waals surface area (Å²) >= 11 is 0. The molecule has 0 bridgehead atoms. The van der Waals surface area contributed by atoms with Crippen LogP contribution in [0.4, 0.5) is 11.4 Å². The van der Waals surface area contributed by atoms with Gasteiger partial charge in [-0.15, -0.1) is 0 Å². The van der Waals surface area contributed by atoms with Crippen LogP contribution in [0.5, 0.6) is 0 Å². The predicted octanol–water partition coefficient (Wildman–Crippen LogP) is 3.07. The maximum Gasteiger partial charge on any atom is 0.328 e. The number of nitrogens with zero attached hydrogens (tertiary/aromatic N) is 2. The summed E-state index contributed by atoms with van der Waals surface area (Å²) in [4.78, 5) is 23.4. The van der Waals surface area contributed by atoms with Gasteiger partial charge in [-0.25, -0.2) is 4.79 Å². The smallest absolute Gasteiger partial charge is 0.328 e. The van der Waals surface area contributed by atoms with Crippen LogP contribution in [0, 0.1) is 10.1 Å². The van der Waals surface area contributed by atoms with Gasteiger partial charge < -0.3 is 10.0 Å². The van der Waals surface area contributed by atoms with Gasteiger partial charge in [-0.3, -0.25) is 10.1 Å². The average molecular weight is 290 g/mol. The number of benzene rings is 1. The highest BCUT2D eigenvalue weighted by Gasteiger charge is 2.21. The van der Waals surface area contributed by atoms with Crippen molar-refractivity contribution < 1.29 is 14.8 Å². The molecule has 1 atom stereocenters. The molecule has 1 aliphatic rings. The lowest BCUT2D eigenvalue weighted by Crippen LogP contribution is -2.37. The van der Waals surface area contributed by atoms with Crippen molar-refractivity contribution in [3.63, 3.8) is 0 Å². The zero-order chi connectivity index (χ0) is 15.4. The Hall–Kier alpha value is -2.37. The molecule has 1 aromatic rings. The molecule has 0 aliphatic carbocycles. The van der Waals surface area contributed by atoms with Crippen LogP contribution >= 0.6 is 0 Å². The molecule has 1 saturated heterocycles. The first kappa shape index (κ1) is 15.0. The van der Waals surface area contributed by atoms with Crippen molar-refractivity contribution in [2.75, 3.05) is 11.4 Å². The molecule has 6 heteroatoms. The lowest BCUT2D eigenvalue weighted by atomic mass is 10.0. The largest absolute Gasteiger partial charge is 0.478 e. The highest BCUT2D eigenvalue weighted by molar-refractivity contribution is 5.86. The van der Waals surface area contributed by atoms with Crippen molar-refractivity contribution in [3.8, 4) is 0 Å².